The van der Waals surface area contributed by atoms with Crippen LogP contribution in [0.15, 0.2) is 46.1 Å². The van der Waals surface area contributed by atoms with Crippen molar-refractivity contribution in [2.75, 3.05) is 12.8 Å². The van der Waals surface area contributed by atoms with Gasteiger partial charge in [0.1, 0.15) is 18.0 Å². The molecule has 1 aromatic carbocycles. The van der Waals surface area contributed by atoms with E-state index < -0.39 is 59.6 Å². The Kier molecular flexibility index (Phi) is 9.47. The number of rotatable bonds is 10. The van der Waals surface area contributed by atoms with Crippen LogP contribution in [0.1, 0.15) is 32.6 Å². The van der Waals surface area contributed by atoms with Crippen molar-refractivity contribution < 1.29 is 33.0 Å². The molecule has 37 heavy (non-hydrogen) atoms. The molecule has 0 amide bonds. The molecule has 1 aliphatic heterocycles. The smallest absolute Gasteiger partial charge is 0.380 e. The minimum absolute atomic E-state index is 0.269. The summed E-state index contributed by atoms with van der Waals surface area (Å²) in [7, 11) is -4.01. The molecule has 1 fully saturated rings. The standard InChI is InChI=1S/C23H29BrClN2O9P/c1-13(2)34-20(30)15(4)12-37(32,36-16-7-5-6-14(3)10-16)33-11-17-19(29)23(24,25)21(35-17)27-9-8-18(28)26-22(27)31/h5-10,13,15,17,19,21,29H,11-12H2,1-4H3,(H,26,28,31)/t15-,17-,19-,21-,23+,37-/m1/s1. The molecule has 1 aliphatic rings. The zero-order valence-electron chi connectivity index (χ0n) is 20.6. The topological polar surface area (TPSA) is 146 Å². The maximum absolute atomic E-state index is 13.8. The van der Waals surface area contributed by atoms with E-state index in [2.05, 4.69) is 20.9 Å². The second-order valence-corrected chi connectivity index (χ2v) is 13.5. The summed E-state index contributed by atoms with van der Waals surface area (Å²) < 4.78 is 35.6. The van der Waals surface area contributed by atoms with E-state index in [-0.39, 0.29) is 18.0 Å². The first-order chi connectivity index (χ1) is 17.2. The van der Waals surface area contributed by atoms with E-state index in [4.69, 9.17) is 30.1 Å². The van der Waals surface area contributed by atoms with Gasteiger partial charge in [0.2, 0.25) is 0 Å². The summed E-state index contributed by atoms with van der Waals surface area (Å²) in [6.45, 7) is 6.32. The van der Waals surface area contributed by atoms with Gasteiger partial charge in [-0.2, -0.15) is 0 Å². The number of carbonyl (C=O) groups excluding carboxylic acids is 1. The normalized spacial score (nSPS) is 26.0. The van der Waals surface area contributed by atoms with Gasteiger partial charge in [0.15, 0.2) is 10.0 Å². The van der Waals surface area contributed by atoms with Gasteiger partial charge >= 0.3 is 19.3 Å². The Labute approximate surface area is 226 Å². The lowest BCUT2D eigenvalue weighted by molar-refractivity contribution is -0.151. The predicted molar refractivity (Wildman–Crippen MR) is 139 cm³/mol. The molecule has 14 heteroatoms. The lowest BCUT2D eigenvalue weighted by Crippen LogP contribution is -2.40. The second kappa shape index (κ2) is 11.8. The van der Waals surface area contributed by atoms with Crippen molar-refractivity contribution in [1.29, 1.82) is 0 Å². The maximum atomic E-state index is 13.8. The number of carbonyl (C=O) groups is 1. The van der Waals surface area contributed by atoms with Gasteiger partial charge < -0.3 is 19.1 Å². The van der Waals surface area contributed by atoms with Gasteiger partial charge in [-0.25, -0.2) is 9.36 Å². The van der Waals surface area contributed by atoms with Crippen molar-refractivity contribution in [3.8, 4) is 5.75 Å². The number of benzene rings is 1. The van der Waals surface area contributed by atoms with Crippen molar-refractivity contribution in [2.24, 2.45) is 5.92 Å². The average Bonchev–Trinajstić information content (AvgIpc) is 3.00. The molecule has 1 saturated heterocycles. The fourth-order valence-corrected chi connectivity index (χ4v) is 6.39. The van der Waals surface area contributed by atoms with Crippen LogP contribution in [0.2, 0.25) is 0 Å². The monoisotopic (exact) mass is 622 g/mol. The van der Waals surface area contributed by atoms with E-state index >= 15 is 0 Å². The lowest BCUT2D eigenvalue weighted by Gasteiger charge is -2.25. The summed E-state index contributed by atoms with van der Waals surface area (Å²) in [5.41, 5.74) is -0.568. The molecule has 0 saturated carbocycles. The Hall–Kier alpha value is -1.95. The Morgan fingerprint density at radius 2 is 2.03 bits per heavy atom. The summed E-state index contributed by atoms with van der Waals surface area (Å²) in [4.78, 5) is 38.2. The summed E-state index contributed by atoms with van der Waals surface area (Å²) in [5, 5.41) is 10.8. The summed E-state index contributed by atoms with van der Waals surface area (Å²) in [6, 6.07) is 7.91. The van der Waals surface area contributed by atoms with Crippen LogP contribution in [0.25, 0.3) is 0 Å². The number of aryl methyl sites for hydroxylation is 1. The third kappa shape index (κ3) is 7.34. The second-order valence-electron chi connectivity index (χ2n) is 9.05. The average molecular weight is 624 g/mol. The van der Waals surface area contributed by atoms with E-state index in [0.29, 0.717) is 0 Å². The van der Waals surface area contributed by atoms with Crippen molar-refractivity contribution in [3.63, 3.8) is 0 Å². The van der Waals surface area contributed by atoms with Crippen LogP contribution in [0, 0.1) is 12.8 Å². The van der Waals surface area contributed by atoms with E-state index in [1.54, 1.807) is 39.0 Å². The molecule has 0 aliphatic carbocycles. The molecule has 1 aromatic heterocycles. The highest BCUT2D eigenvalue weighted by Crippen LogP contribution is 2.52. The minimum atomic E-state index is -4.01. The summed E-state index contributed by atoms with van der Waals surface area (Å²) in [6.07, 6.45) is -3.34. The van der Waals surface area contributed by atoms with E-state index in [1.807, 2.05) is 13.0 Å². The molecule has 3 rings (SSSR count). The van der Waals surface area contributed by atoms with Crippen molar-refractivity contribution >= 4 is 41.1 Å². The van der Waals surface area contributed by atoms with Gasteiger partial charge in [0, 0.05) is 12.3 Å². The number of ether oxygens (including phenoxy) is 2. The molecule has 0 spiro atoms. The maximum Gasteiger partial charge on any atom is 0.380 e. The van der Waals surface area contributed by atoms with Crippen molar-refractivity contribution in [3.05, 3.63) is 62.9 Å². The van der Waals surface area contributed by atoms with Crippen LogP contribution in [-0.4, -0.2) is 55.5 Å². The molecule has 0 unspecified atom stereocenters. The third-order valence-corrected chi connectivity index (χ3v) is 8.70. The Morgan fingerprint density at radius 3 is 2.65 bits per heavy atom. The molecular weight excluding hydrogens is 595 g/mol. The van der Waals surface area contributed by atoms with E-state index in [1.165, 1.54) is 6.20 Å². The molecular formula is C23H29BrClN2O9P. The number of hydrogen-bond donors (Lipinski definition) is 2. The number of aromatic nitrogens is 2. The van der Waals surface area contributed by atoms with Crippen LogP contribution in [0.5, 0.6) is 5.75 Å². The van der Waals surface area contributed by atoms with Gasteiger partial charge in [-0.1, -0.05) is 46.6 Å². The first-order valence-corrected chi connectivity index (χ1v) is 14.3. The minimum Gasteiger partial charge on any atom is -0.463 e. The first-order valence-electron chi connectivity index (χ1n) is 11.4. The summed E-state index contributed by atoms with van der Waals surface area (Å²) in [5.74, 6) is -1.13. The first kappa shape index (κ1) is 29.6. The molecule has 2 aromatic rings. The fourth-order valence-electron chi connectivity index (χ4n) is 3.61. The third-order valence-electron chi connectivity index (χ3n) is 5.40. The number of nitrogens with zero attached hydrogens (tertiary/aromatic N) is 1. The van der Waals surface area contributed by atoms with E-state index in [0.717, 1.165) is 16.2 Å². The SMILES string of the molecule is Cc1cccc(O[P@@](=O)(C[C@@H](C)C(=O)OC(C)C)OC[C@H]2O[C@@H](n3ccc(=O)[nH]c3=O)[C@](Cl)(Br)[C@@H]2O)c1. The number of aromatic amines is 1. The van der Waals surface area contributed by atoms with Crippen molar-refractivity contribution in [2.45, 2.75) is 56.0 Å². The highest BCUT2D eigenvalue weighted by molar-refractivity contribution is 9.10. The van der Waals surface area contributed by atoms with E-state index in [9.17, 15) is 24.1 Å². The molecule has 204 valence electrons. The number of alkyl halides is 2. The fraction of sp³-hybridized carbons (Fsp3) is 0.522. The van der Waals surface area contributed by atoms with Crippen LogP contribution in [0.3, 0.4) is 0 Å². The number of aliphatic hydroxyl groups excluding tert-OH is 1. The predicted octanol–water partition coefficient (Wildman–Crippen LogP) is 3.31. The van der Waals surface area contributed by atoms with Gasteiger partial charge in [-0.15, -0.1) is 0 Å². The molecule has 2 heterocycles. The van der Waals surface area contributed by atoms with Crippen LogP contribution < -0.4 is 15.8 Å². The summed E-state index contributed by atoms with van der Waals surface area (Å²) >= 11 is 9.66. The number of hydrogen-bond acceptors (Lipinski definition) is 9. The molecule has 6 atom stereocenters. The zero-order valence-corrected chi connectivity index (χ0v) is 23.9. The highest BCUT2D eigenvalue weighted by Gasteiger charge is 2.55. The van der Waals surface area contributed by atoms with Crippen LogP contribution in [-0.2, 0) is 23.4 Å². The highest BCUT2D eigenvalue weighted by atomic mass is 79.9. The molecule has 0 radical (unpaired) electrons. The number of halogens is 2. The number of H-pyrrole nitrogens is 1. The quantitative estimate of drug-likeness (QED) is 0.231. The molecule has 0 bridgehead atoms. The Morgan fingerprint density at radius 1 is 1.32 bits per heavy atom. The van der Waals surface area contributed by atoms with Gasteiger partial charge in [0.05, 0.1) is 24.8 Å². The molecule has 2 N–H and O–H groups in total. The van der Waals surface area contributed by atoms with Crippen molar-refractivity contribution in [1.82, 2.24) is 9.55 Å². The van der Waals surface area contributed by atoms with Gasteiger partial charge in [-0.3, -0.25) is 23.7 Å². The Balaban J connectivity index is 1.82. The zero-order chi connectivity index (χ0) is 27.5. The Bertz CT molecular complexity index is 1280. The van der Waals surface area contributed by atoms with Crippen LogP contribution >= 0.6 is 35.1 Å². The number of aliphatic hydroxyl groups is 1. The number of nitrogens with one attached hydrogen (secondary N) is 1. The van der Waals surface area contributed by atoms with Crippen LogP contribution in [0.4, 0.5) is 0 Å². The largest absolute Gasteiger partial charge is 0.463 e. The number of esters is 1. The lowest BCUT2D eigenvalue weighted by atomic mass is 10.2. The van der Waals surface area contributed by atoms with Gasteiger partial charge in [-0.05, 0) is 38.5 Å². The molecule has 11 nitrogen and oxygen atoms in total. The van der Waals surface area contributed by atoms with Gasteiger partial charge in [0.25, 0.3) is 5.56 Å².